The van der Waals surface area contributed by atoms with Crippen LogP contribution in [-0.4, -0.2) is 4.98 Å². The van der Waals surface area contributed by atoms with Crippen LogP contribution in [0.25, 0.3) is 10.1 Å². The molecule has 0 N–H and O–H groups in total. The van der Waals surface area contributed by atoms with Crippen molar-refractivity contribution >= 4 is 33.0 Å². The van der Waals surface area contributed by atoms with E-state index >= 15 is 0 Å². The molecule has 1 atom stereocenters. The van der Waals surface area contributed by atoms with Crippen molar-refractivity contribution < 1.29 is 4.74 Å². The fourth-order valence-electron chi connectivity index (χ4n) is 2.16. The van der Waals surface area contributed by atoms with Crippen LogP contribution in [0.1, 0.15) is 24.3 Å². The maximum atomic E-state index is 10.9. The summed E-state index contributed by atoms with van der Waals surface area (Å²) >= 11 is 7.40. The number of hydrogen-bond donors (Lipinski definition) is 0. The first-order valence-electron chi connectivity index (χ1n) is 6.84. The number of ether oxygens (including phenoxy) is 1. The molecule has 0 fully saturated rings. The van der Waals surface area contributed by atoms with Crippen LogP contribution in [0.15, 0.2) is 47.9 Å². The van der Waals surface area contributed by atoms with Gasteiger partial charge in [0.2, 0.25) is 0 Å². The van der Waals surface area contributed by atoms with Crippen molar-refractivity contribution in [3.63, 3.8) is 0 Å². The van der Waals surface area contributed by atoms with E-state index in [1.54, 1.807) is 36.7 Å². The Labute approximate surface area is 136 Å². The summed E-state index contributed by atoms with van der Waals surface area (Å²) in [4.78, 5) is 16.1. The van der Waals surface area contributed by atoms with Gasteiger partial charge in [-0.2, -0.15) is 4.91 Å². The molecule has 3 rings (SSSR count). The molecule has 2 aromatic heterocycles. The van der Waals surface area contributed by atoms with E-state index in [-0.39, 0.29) is 6.04 Å². The topological polar surface area (TPSA) is 51.5 Å². The van der Waals surface area contributed by atoms with E-state index in [4.69, 9.17) is 16.3 Å². The average Bonchev–Trinajstić information content (AvgIpc) is 2.96. The number of pyridine rings is 1. The normalized spacial score (nSPS) is 12.3. The molecule has 0 saturated carbocycles. The van der Waals surface area contributed by atoms with E-state index in [1.165, 1.54) is 11.3 Å². The quantitative estimate of drug-likeness (QED) is 0.541. The zero-order valence-electron chi connectivity index (χ0n) is 11.8. The van der Waals surface area contributed by atoms with Gasteiger partial charge in [-0.3, -0.25) is 4.98 Å². The second kappa shape index (κ2) is 6.42. The molecule has 0 bridgehead atoms. The molecule has 6 heteroatoms. The summed E-state index contributed by atoms with van der Waals surface area (Å²) in [6, 6.07) is 8.79. The predicted octanol–water partition coefficient (Wildman–Crippen LogP) is 5.96. The third kappa shape index (κ3) is 2.96. The SMILES string of the molecule is CCC(N=O)c1cc2c(Oc3ccc(Cl)cc3)cncc2s1. The van der Waals surface area contributed by atoms with Crippen molar-refractivity contribution in [1.82, 2.24) is 4.98 Å². The Morgan fingerprint density at radius 3 is 2.77 bits per heavy atom. The van der Waals surface area contributed by atoms with Gasteiger partial charge in [0.05, 0.1) is 10.9 Å². The van der Waals surface area contributed by atoms with Crippen LogP contribution in [0.3, 0.4) is 0 Å². The Morgan fingerprint density at radius 2 is 2.09 bits per heavy atom. The Morgan fingerprint density at radius 1 is 1.32 bits per heavy atom. The number of benzene rings is 1. The first-order chi connectivity index (χ1) is 10.7. The molecule has 1 unspecified atom stereocenters. The Balaban J connectivity index is 1.99. The number of hydrogen-bond acceptors (Lipinski definition) is 5. The van der Waals surface area contributed by atoms with E-state index in [2.05, 4.69) is 10.2 Å². The van der Waals surface area contributed by atoms with Gasteiger partial charge >= 0.3 is 0 Å². The molecule has 0 spiro atoms. The average molecular weight is 333 g/mol. The molecule has 3 aromatic rings. The maximum Gasteiger partial charge on any atom is 0.154 e. The molecular weight excluding hydrogens is 320 g/mol. The number of nitroso groups, excluding NO2 is 1. The largest absolute Gasteiger partial charge is 0.455 e. The standard InChI is InChI=1S/C16H13ClN2O2S/c1-2-13(19-20)15-7-12-14(8-18-9-16(12)22-15)21-11-5-3-10(17)4-6-11/h3-9,13H,2H2,1H3. The zero-order chi connectivity index (χ0) is 15.5. The minimum Gasteiger partial charge on any atom is -0.455 e. The molecule has 0 aliphatic carbocycles. The lowest BCUT2D eigenvalue weighted by Crippen LogP contribution is -1.87. The molecule has 0 amide bonds. The summed E-state index contributed by atoms with van der Waals surface area (Å²) in [5.41, 5.74) is 0. The second-order valence-corrected chi connectivity index (χ2v) is 6.34. The minimum absolute atomic E-state index is 0.319. The van der Waals surface area contributed by atoms with Crippen LogP contribution < -0.4 is 4.74 Å². The highest BCUT2D eigenvalue weighted by Crippen LogP contribution is 2.38. The van der Waals surface area contributed by atoms with E-state index < -0.39 is 0 Å². The maximum absolute atomic E-state index is 10.9. The van der Waals surface area contributed by atoms with Crippen molar-refractivity contribution in [1.29, 1.82) is 0 Å². The highest BCUT2D eigenvalue weighted by atomic mass is 35.5. The van der Waals surface area contributed by atoms with Crippen molar-refractivity contribution in [2.45, 2.75) is 19.4 Å². The zero-order valence-corrected chi connectivity index (χ0v) is 13.4. The molecule has 0 radical (unpaired) electrons. The number of fused-ring (bicyclic) bond motifs is 1. The molecule has 0 aliphatic heterocycles. The summed E-state index contributed by atoms with van der Waals surface area (Å²) in [5, 5.41) is 4.77. The third-order valence-electron chi connectivity index (χ3n) is 3.31. The predicted molar refractivity (Wildman–Crippen MR) is 90.0 cm³/mol. The molecule has 4 nitrogen and oxygen atoms in total. The van der Waals surface area contributed by atoms with E-state index in [1.807, 2.05) is 13.0 Å². The molecule has 0 saturated heterocycles. The minimum atomic E-state index is -0.319. The third-order valence-corrected chi connectivity index (χ3v) is 4.74. The highest BCUT2D eigenvalue weighted by Gasteiger charge is 2.15. The fraction of sp³-hybridized carbons (Fsp3) is 0.188. The number of halogens is 1. The Bertz CT molecular complexity index is 802. The summed E-state index contributed by atoms with van der Waals surface area (Å²) in [7, 11) is 0. The summed E-state index contributed by atoms with van der Waals surface area (Å²) in [6.45, 7) is 1.94. The van der Waals surface area contributed by atoms with Gasteiger partial charge < -0.3 is 4.74 Å². The van der Waals surface area contributed by atoms with Crippen LogP contribution >= 0.6 is 22.9 Å². The van der Waals surface area contributed by atoms with Crippen molar-refractivity contribution in [3.8, 4) is 11.5 Å². The van der Waals surface area contributed by atoms with E-state index in [9.17, 15) is 4.91 Å². The fourth-order valence-corrected chi connectivity index (χ4v) is 3.44. The van der Waals surface area contributed by atoms with Gasteiger partial charge in [-0.05, 0) is 36.8 Å². The molecule has 1 aromatic carbocycles. The van der Waals surface area contributed by atoms with Crippen LogP contribution in [0.2, 0.25) is 5.02 Å². The van der Waals surface area contributed by atoms with Crippen molar-refractivity contribution in [2.24, 2.45) is 5.18 Å². The first-order valence-corrected chi connectivity index (χ1v) is 8.04. The summed E-state index contributed by atoms with van der Waals surface area (Å²) in [6.07, 6.45) is 4.12. The summed E-state index contributed by atoms with van der Waals surface area (Å²) < 4.78 is 6.86. The molecule has 22 heavy (non-hydrogen) atoms. The highest BCUT2D eigenvalue weighted by molar-refractivity contribution is 7.19. The van der Waals surface area contributed by atoms with Gasteiger partial charge in [-0.1, -0.05) is 23.7 Å². The lowest BCUT2D eigenvalue weighted by atomic mass is 10.2. The van der Waals surface area contributed by atoms with Crippen LogP contribution in [0, 0.1) is 4.91 Å². The number of rotatable bonds is 5. The molecule has 0 aliphatic rings. The Hall–Kier alpha value is -1.98. The van der Waals surface area contributed by atoms with Crippen LogP contribution in [0.5, 0.6) is 11.5 Å². The van der Waals surface area contributed by atoms with E-state index in [0.717, 1.165) is 15.0 Å². The molecular formula is C16H13ClN2O2S. The van der Waals surface area contributed by atoms with Crippen molar-refractivity contribution in [3.05, 3.63) is 57.5 Å². The van der Waals surface area contributed by atoms with Crippen LogP contribution in [0.4, 0.5) is 0 Å². The Kier molecular flexibility index (Phi) is 4.36. The van der Waals surface area contributed by atoms with Crippen molar-refractivity contribution in [2.75, 3.05) is 0 Å². The molecule has 2 heterocycles. The van der Waals surface area contributed by atoms with Gasteiger partial charge in [0.1, 0.15) is 11.8 Å². The van der Waals surface area contributed by atoms with Gasteiger partial charge in [0, 0.05) is 21.5 Å². The lowest BCUT2D eigenvalue weighted by Gasteiger charge is -2.06. The monoisotopic (exact) mass is 332 g/mol. The number of nitrogens with zero attached hydrogens (tertiary/aromatic N) is 2. The van der Waals surface area contributed by atoms with Gasteiger partial charge in [0.25, 0.3) is 0 Å². The first kappa shape index (κ1) is 14.9. The smallest absolute Gasteiger partial charge is 0.154 e. The second-order valence-electron chi connectivity index (χ2n) is 4.78. The number of aromatic nitrogens is 1. The van der Waals surface area contributed by atoms with E-state index in [0.29, 0.717) is 22.9 Å². The van der Waals surface area contributed by atoms with Gasteiger partial charge in [0.15, 0.2) is 5.75 Å². The lowest BCUT2D eigenvalue weighted by molar-refractivity contribution is 0.486. The summed E-state index contributed by atoms with van der Waals surface area (Å²) in [5.74, 6) is 1.34. The van der Waals surface area contributed by atoms with Gasteiger partial charge in [-0.15, -0.1) is 11.3 Å². The van der Waals surface area contributed by atoms with Gasteiger partial charge in [-0.25, -0.2) is 0 Å². The number of thiophene rings is 1. The molecule has 112 valence electrons. The van der Waals surface area contributed by atoms with Crippen LogP contribution in [-0.2, 0) is 0 Å².